The highest BCUT2D eigenvalue weighted by Gasteiger charge is 2.43. The van der Waals surface area contributed by atoms with Crippen molar-refractivity contribution in [2.75, 3.05) is 0 Å². The Hall–Kier alpha value is -2.90. The maximum absolute atomic E-state index is 12.4. The van der Waals surface area contributed by atoms with Gasteiger partial charge in [0.15, 0.2) is 0 Å². The molecule has 0 aromatic heterocycles. The molecule has 3 atom stereocenters. The summed E-state index contributed by atoms with van der Waals surface area (Å²) in [6, 6.07) is 4.57. The predicted molar refractivity (Wildman–Crippen MR) is 88.8 cm³/mol. The van der Waals surface area contributed by atoms with Crippen LogP contribution in [0.25, 0.3) is 0 Å². The van der Waals surface area contributed by atoms with Crippen molar-refractivity contribution in [2.24, 2.45) is 5.92 Å². The minimum absolute atomic E-state index is 0.210. The molecular weight excluding hydrogens is 326 g/mol. The highest BCUT2D eigenvalue weighted by Crippen LogP contribution is 2.25. The molecule has 134 valence electrons. The SMILES string of the molecule is CC[C@H](C)[C@H](NC(=O)c1cccc(C2(C)NC(=O)NC2=O)c1)C(=O)O. The van der Waals surface area contributed by atoms with Gasteiger partial charge in [-0.1, -0.05) is 32.4 Å². The van der Waals surface area contributed by atoms with Gasteiger partial charge < -0.3 is 15.7 Å². The van der Waals surface area contributed by atoms with Crippen LogP contribution in [0, 0.1) is 5.92 Å². The molecule has 1 fully saturated rings. The van der Waals surface area contributed by atoms with Crippen LogP contribution < -0.4 is 16.0 Å². The number of carboxylic acid groups (broad SMARTS) is 1. The molecule has 1 aliphatic heterocycles. The highest BCUT2D eigenvalue weighted by atomic mass is 16.4. The Morgan fingerprint density at radius 2 is 2.00 bits per heavy atom. The molecule has 1 aliphatic rings. The van der Waals surface area contributed by atoms with E-state index in [2.05, 4.69) is 16.0 Å². The van der Waals surface area contributed by atoms with E-state index < -0.39 is 35.4 Å². The molecule has 0 aliphatic carbocycles. The molecule has 1 heterocycles. The van der Waals surface area contributed by atoms with Crippen LogP contribution >= 0.6 is 0 Å². The number of hydrogen-bond donors (Lipinski definition) is 4. The van der Waals surface area contributed by atoms with Crippen LogP contribution in [-0.4, -0.2) is 35.0 Å². The average molecular weight is 347 g/mol. The predicted octanol–water partition coefficient (Wildman–Crippen LogP) is 0.970. The van der Waals surface area contributed by atoms with Crippen LogP contribution in [-0.2, 0) is 15.1 Å². The Kier molecular flexibility index (Phi) is 5.10. The summed E-state index contributed by atoms with van der Waals surface area (Å²) in [6.07, 6.45) is 0.599. The summed E-state index contributed by atoms with van der Waals surface area (Å²) >= 11 is 0. The highest BCUT2D eigenvalue weighted by molar-refractivity contribution is 6.07. The van der Waals surface area contributed by atoms with Crippen molar-refractivity contribution in [1.82, 2.24) is 16.0 Å². The van der Waals surface area contributed by atoms with E-state index >= 15 is 0 Å². The van der Waals surface area contributed by atoms with Gasteiger partial charge in [-0.3, -0.25) is 14.9 Å². The molecule has 8 nitrogen and oxygen atoms in total. The largest absolute Gasteiger partial charge is 0.480 e. The van der Waals surface area contributed by atoms with Crippen LogP contribution in [0.1, 0.15) is 43.1 Å². The van der Waals surface area contributed by atoms with E-state index in [1.807, 2.05) is 6.92 Å². The van der Waals surface area contributed by atoms with Crippen molar-refractivity contribution in [3.05, 3.63) is 35.4 Å². The standard InChI is InChI=1S/C17H21N3O5/c1-4-9(2)12(14(22)23)18-13(21)10-6-5-7-11(8-10)17(3)15(24)19-16(25)20-17/h5-9,12H,4H2,1-3H3,(H,18,21)(H,22,23)(H2,19,20,24,25)/t9-,12-,17?/m0/s1. The molecule has 4 amide bonds. The summed E-state index contributed by atoms with van der Waals surface area (Å²) < 4.78 is 0. The van der Waals surface area contributed by atoms with Gasteiger partial charge >= 0.3 is 12.0 Å². The smallest absolute Gasteiger partial charge is 0.326 e. The van der Waals surface area contributed by atoms with Crippen LogP contribution in [0.15, 0.2) is 24.3 Å². The summed E-state index contributed by atoms with van der Waals surface area (Å²) in [5, 5.41) is 16.5. The molecule has 1 saturated heterocycles. The number of benzene rings is 1. The Bertz CT molecular complexity index is 733. The van der Waals surface area contributed by atoms with Gasteiger partial charge in [0.1, 0.15) is 11.6 Å². The first kappa shape index (κ1) is 18.4. The number of nitrogens with one attached hydrogen (secondary N) is 3. The average Bonchev–Trinajstić information content (AvgIpc) is 2.84. The molecule has 0 saturated carbocycles. The van der Waals surface area contributed by atoms with Gasteiger partial charge in [0.05, 0.1) is 0 Å². The molecule has 0 bridgehead atoms. The van der Waals surface area contributed by atoms with E-state index in [1.54, 1.807) is 19.1 Å². The van der Waals surface area contributed by atoms with Crippen LogP contribution in [0.2, 0.25) is 0 Å². The number of urea groups is 1. The van der Waals surface area contributed by atoms with Crippen molar-refractivity contribution in [2.45, 2.75) is 38.8 Å². The van der Waals surface area contributed by atoms with Crippen molar-refractivity contribution < 1.29 is 24.3 Å². The van der Waals surface area contributed by atoms with Gasteiger partial charge in [0, 0.05) is 5.56 Å². The molecule has 8 heteroatoms. The fraction of sp³-hybridized carbons (Fsp3) is 0.412. The van der Waals surface area contributed by atoms with Crippen molar-refractivity contribution in [1.29, 1.82) is 0 Å². The van der Waals surface area contributed by atoms with Gasteiger partial charge in [-0.05, 0) is 30.5 Å². The Balaban J connectivity index is 2.26. The normalized spacial score (nSPS) is 21.9. The number of aliphatic carboxylic acids is 1. The topological polar surface area (TPSA) is 125 Å². The number of carboxylic acids is 1. The molecule has 1 unspecified atom stereocenters. The lowest BCUT2D eigenvalue weighted by Gasteiger charge is -2.23. The minimum atomic E-state index is -1.28. The van der Waals surface area contributed by atoms with Crippen molar-refractivity contribution in [3.63, 3.8) is 0 Å². The van der Waals surface area contributed by atoms with Gasteiger partial charge in [-0.2, -0.15) is 0 Å². The molecular formula is C17H21N3O5. The first-order valence-corrected chi connectivity index (χ1v) is 7.96. The second kappa shape index (κ2) is 6.92. The summed E-state index contributed by atoms with van der Waals surface area (Å²) in [5.41, 5.74) is -0.642. The Morgan fingerprint density at radius 3 is 2.52 bits per heavy atom. The quantitative estimate of drug-likeness (QED) is 0.571. The summed E-state index contributed by atoms with van der Waals surface area (Å²) in [7, 11) is 0. The zero-order valence-corrected chi connectivity index (χ0v) is 14.3. The second-order valence-electron chi connectivity index (χ2n) is 6.29. The number of amides is 4. The van der Waals surface area contributed by atoms with E-state index in [-0.39, 0.29) is 11.5 Å². The molecule has 0 radical (unpaired) electrons. The summed E-state index contributed by atoms with van der Waals surface area (Å²) in [5.74, 6) is -2.41. The lowest BCUT2D eigenvalue weighted by atomic mass is 9.90. The van der Waals surface area contributed by atoms with Gasteiger partial charge in [0.25, 0.3) is 11.8 Å². The van der Waals surface area contributed by atoms with Crippen molar-refractivity contribution >= 4 is 23.8 Å². The van der Waals surface area contributed by atoms with Gasteiger partial charge in [-0.25, -0.2) is 9.59 Å². The molecule has 0 spiro atoms. The summed E-state index contributed by atoms with van der Waals surface area (Å²) in [6.45, 7) is 5.12. The number of rotatable bonds is 6. The van der Waals surface area contributed by atoms with E-state index in [0.29, 0.717) is 12.0 Å². The van der Waals surface area contributed by atoms with Crippen molar-refractivity contribution in [3.8, 4) is 0 Å². The third-order valence-electron chi connectivity index (χ3n) is 4.51. The number of imide groups is 1. The minimum Gasteiger partial charge on any atom is -0.480 e. The molecule has 4 N–H and O–H groups in total. The first-order chi connectivity index (χ1) is 11.7. The molecule has 2 rings (SSSR count). The Morgan fingerprint density at radius 1 is 1.32 bits per heavy atom. The van der Waals surface area contributed by atoms with E-state index in [1.165, 1.54) is 19.1 Å². The third kappa shape index (κ3) is 3.62. The van der Waals surface area contributed by atoms with Crippen LogP contribution in [0.5, 0.6) is 0 Å². The van der Waals surface area contributed by atoms with E-state index in [0.717, 1.165) is 0 Å². The number of hydrogen-bond acceptors (Lipinski definition) is 4. The van der Waals surface area contributed by atoms with E-state index in [4.69, 9.17) is 0 Å². The van der Waals surface area contributed by atoms with E-state index in [9.17, 15) is 24.3 Å². The zero-order valence-electron chi connectivity index (χ0n) is 14.3. The second-order valence-corrected chi connectivity index (χ2v) is 6.29. The first-order valence-electron chi connectivity index (χ1n) is 7.96. The maximum atomic E-state index is 12.4. The van der Waals surface area contributed by atoms with Gasteiger partial charge in [-0.15, -0.1) is 0 Å². The number of carbonyl (C=O) groups is 4. The molecule has 1 aromatic rings. The fourth-order valence-corrected chi connectivity index (χ4v) is 2.63. The van der Waals surface area contributed by atoms with Gasteiger partial charge in [0.2, 0.25) is 0 Å². The van der Waals surface area contributed by atoms with Crippen LogP contribution in [0.4, 0.5) is 4.79 Å². The third-order valence-corrected chi connectivity index (χ3v) is 4.51. The lowest BCUT2D eigenvalue weighted by Crippen LogP contribution is -2.45. The molecule has 25 heavy (non-hydrogen) atoms. The monoisotopic (exact) mass is 347 g/mol. The maximum Gasteiger partial charge on any atom is 0.326 e. The fourth-order valence-electron chi connectivity index (χ4n) is 2.63. The lowest BCUT2D eigenvalue weighted by molar-refractivity contribution is -0.140. The summed E-state index contributed by atoms with van der Waals surface area (Å²) in [4.78, 5) is 47.2. The van der Waals surface area contributed by atoms with Crippen LogP contribution in [0.3, 0.4) is 0 Å². The number of carbonyl (C=O) groups excluding carboxylic acids is 3. The zero-order chi connectivity index (χ0) is 18.8. The Labute approximate surface area is 145 Å². The molecule has 1 aromatic carbocycles.